The average Bonchev–Trinajstić information content (AvgIpc) is 2.28. The Hall–Kier alpha value is -1.55. The second-order valence-corrected chi connectivity index (χ2v) is 4.38. The Morgan fingerprint density at radius 1 is 1.53 bits per heavy atom. The van der Waals surface area contributed by atoms with Crippen LogP contribution in [0.15, 0.2) is 18.2 Å². The molecule has 1 aromatic rings. The molecule has 0 saturated heterocycles. The maximum Gasteiger partial charge on any atom is 0.253 e. The molecule has 0 heterocycles. The fourth-order valence-electron chi connectivity index (χ4n) is 1.57. The van der Waals surface area contributed by atoms with Crippen LogP contribution in [0.4, 0.5) is 5.69 Å². The van der Waals surface area contributed by atoms with E-state index in [1.807, 2.05) is 6.92 Å². The van der Waals surface area contributed by atoms with E-state index in [1.165, 1.54) is 0 Å². The molecule has 1 atom stereocenters. The van der Waals surface area contributed by atoms with Crippen molar-refractivity contribution in [1.82, 2.24) is 4.90 Å². The zero-order chi connectivity index (χ0) is 13.0. The van der Waals surface area contributed by atoms with Crippen LogP contribution in [0.3, 0.4) is 0 Å². The van der Waals surface area contributed by atoms with Crippen LogP contribution < -0.4 is 5.73 Å². The third kappa shape index (κ3) is 3.46. The van der Waals surface area contributed by atoms with Crippen LogP contribution in [0.1, 0.15) is 29.3 Å². The van der Waals surface area contributed by atoms with Crippen molar-refractivity contribution in [2.45, 2.75) is 26.4 Å². The Kier molecular flexibility index (Phi) is 4.52. The lowest BCUT2D eigenvalue weighted by Gasteiger charge is -2.19. The number of carbonyl (C=O) groups excluding carboxylic acids is 1. The van der Waals surface area contributed by atoms with Crippen LogP contribution >= 0.6 is 0 Å². The van der Waals surface area contributed by atoms with Gasteiger partial charge in [-0.15, -0.1) is 0 Å². The number of nitrogens with zero attached hydrogens (tertiary/aromatic N) is 1. The first-order valence-electron chi connectivity index (χ1n) is 5.72. The highest BCUT2D eigenvalue weighted by Crippen LogP contribution is 2.17. The first-order chi connectivity index (χ1) is 7.93. The average molecular weight is 236 g/mol. The summed E-state index contributed by atoms with van der Waals surface area (Å²) in [5.74, 6) is -0.0598. The monoisotopic (exact) mass is 236 g/mol. The molecule has 0 spiro atoms. The summed E-state index contributed by atoms with van der Waals surface area (Å²) in [5.41, 5.74) is 7.82. The highest BCUT2D eigenvalue weighted by molar-refractivity contribution is 5.96. The van der Waals surface area contributed by atoms with Crippen molar-refractivity contribution >= 4 is 11.6 Å². The number of aliphatic hydroxyl groups is 1. The summed E-state index contributed by atoms with van der Waals surface area (Å²) in [5, 5.41) is 9.19. The molecule has 17 heavy (non-hydrogen) atoms. The van der Waals surface area contributed by atoms with Crippen molar-refractivity contribution in [3.8, 4) is 0 Å². The van der Waals surface area contributed by atoms with Gasteiger partial charge in [0.1, 0.15) is 0 Å². The third-order valence-electron chi connectivity index (χ3n) is 2.84. The Labute approximate surface area is 102 Å². The normalized spacial score (nSPS) is 12.2. The molecule has 1 rings (SSSR count). The van der Waals surface area contributed by atoms with E-state index < -0.39 is 6.10 Å². The van der Waals surface area contributed by atoms with E-state index in [0.29, 0.717) is 24.2 Å². The number of carbonyl (C=O) groups is 1. The molecule has 3 N–H and O–H groups in total. The molecule has 0 aliphatic rings. The molecule has 0 bridgehead atoms. The Morgan fingerprint density at radius 3 is 2.76 bits per heavy atom. The Morgan fingerprint density at radius 2 is 2.18 bits per heavy atom. The van der Waals surface area contributed by atoms with Crippen molar-refractivity contribution in [1.29, 1.82) is 0 Å². The smallest absolute Gasteiger partial charge is 0.253 e. The summed E-state index contributed by atoms with van der Waals surface area (Å²) in [6.07, 6.45) is 0.177. The highest BCUT2D eigenvalue weighted by atomic mass is 16.3. The number of rotatable bonds is 4. The first-order valence-corrected chi connectivity index (χ1v) is 5.72. The second-order valence-electron chi connectivity index (χ2n) is 4.38. The number of benzene rings is 1. The van der Waals surface area contributed by atoms with Gasteiger partial charge in [-0.2, -0.15) is 0 Å². The summed E-state index contributed by atoms with van der Waals surface area (Å²) in [6, 6.07) is 5.33. The van der Waals surface area contributed by atoms with Gasteiger partial charge in [-0.25, -0.2) is 0 Å². The quantitative estimate of drug-likeness (QED) is 0.777. The predicted octanol–water partition coefficient (Wildman–Crippen LogP) is 1.42. The predicted molar refractivity (Wildman–Crippen MR) is 68.8 cm³/mol. The van der Waals surface area contributed by atoms with Crippen molar-refractivity contribution in [2.24, 2.45) is 0 Å². The fraction of sp³-hybridized carbons (Fsp3) is 0.462. The molecule has 0 aliphatic heterocycles. The van der Waals surface area contributed by atoms with Gasteiger partial charge in [-0.3, -0.25) is 4.79 Å². The molecule has 0 saturated carbocycles. The molecule has 1 amide bonds. The maximum absolute atomic E-state index is 12.1. The van der Waals surface area contributed by atoms with E-state index in [-0.39, 0.29) is 5.91 Å². The van der Waals surface area contributed by atoms with Gasteiger partial charge in [0.2, 0.25) is 0 Å². The number of anilines is 1. The van der Waals surface area contributed by atoms with Gasteiger partial charge >= 0.3 is 0 Å². The van der Waals surface area contributed by atoms with E-state index in [2.05, 4.69) is 0 Å². The van der Waals surface area contributed by atoms with Gasteiger partial charge in [0.25, 0.3) is 5.91 Å². The van der Waals surface area contributed by atoms with E-state index in [1.54, 1.807) is 37.1 Å². The molecule has 1 aromatic carbocycles. The summed E-state index contributed by atoms with van der Waals surface area (Å²) in [6.45, 7) is 4.08. The molecule has 94 valence electrons. The number of hydrogen-bond acceptors (Lipinski definition) is 3. The van der Waals surface area contributed by atoms with Gasteiger partial charge in [-0.1, -0.05) is 6.07 Å². The maximum atomic E-state index is 12.1. The van der Waals surface area contributed by atoms with Gasteiger partial charge in [0.05, 0.1) is 6.10 Å². The van der Waals surface area contributed by atoms with E-state index in [4.69, 9.17) is 5.73 Å². The van der Waals surface area contributed by atoms with Gasteiger partial charge in [0.15, 0.2) is 0 Å². The minimum Gasteiger partial charge on any atom is -0.398 e. The minimum absolute atomic E-state index is 0.0598. The molecule has 0 fully saturated rings. The van der Waals surface area contributed by atoms with Crippen molar-refractivity contribution < 1.29 is 9.90 Å². The zero-order valence-corrected chi connectivity index (χ0v) is 10.6. The lowest BCUT2D eigenvalue weighted by molar-refractivity contribution is 0.0768. The summed E-state index contributed by atoms with van der Waals surface area (Å²) < 4.78 is 0. The van der Waals surface area contributed by atoms with Gasteiger partial charge in [-0.05, 0) is 38.0 Å². The fourth-order valence-corrected chi connectivity index (χ4v) is 1.57. The standard InChI is InChI=1S/C13H20N2O2/c1-9(16)7-8-15(3)13(17)11-5-4-6-12(14)10(11)2/h4-6,9,16H,7-8,14H2,1-3H3. The summed E-state index contributed by atoms with van der Waals surface area (Å²) >= 11 is 0. The molecule has 0 aromatic heterocycles. The summed E-state index contributed by atoms with van der Waals surface area (Å²) in [7, 11) is 1.73. The Balaban J connectivity index is 2.78. The molecular formula is C13H20N2O2. The molecular weight excluding hydrogens is 216 g/mol. The van der Waals surface area contributed by atoms with E-state index in [9.17, 15) is 9.90 Å². The first kappa shape index (κ1) is 13.5. The van der Waals surface area contributed by atoms with Crippen LogP contribution in [0.5, 0.6) is 0 Å². The van der Waals surface area contributed by atoms with E-state index >= 15 is 0 Å². The minimum atomic E-state index is -0.396. The summed E-state index contributed by atoms with van der Waals surface area (Å²) in [4.78, 5) is 13.7. The van der Waals surface area contributed by atoms with Crippen LogP contribution in [-0.2, 0) is 0 Å². The molecule has 1 unspecified atom stereocenters. The second kappa shape index (κ2) is 5.68. The molecule has 0 radical (unpaired) electrons. The number of nitrogen functional groups attached to an aromatic ring is 1. The number of amides is 1. The van der Waals surface area contributed by atoms with Crippen LogP contribution in [0.2, 0.25) is 0 Å². The van der Waals surface area contributed by atoms with E-state index in [0.717, 1.165) is 5.56 Å². The largest absolute Gasteiger partial charge is 0.398 e. The lowest BCUT2D eigenvalue weighted by Crippen LogP contribution is -2.30. The third-order valence-corrected chi connectivity index (χ3v) is 2.84. The van der Waals surface area contributed by atoms with Gasteiger partial charge < -0.3 is 15.7 Å². The lowest BCUT2D eigenvalue weighted by atomic mass is 10.1. The van der Waals surface area contributed by atoms with Crippen molar-refractivity contribution in [2.75, 3.05) is 19.3 Å². The van der Waals surface area contributed by atoms with Gasteiger partial charge in [0, 0.05) is 24.8 Å². The topological polar surface area (TPSA) is 66.6 Å². The molecule has 4 nitrogen and oxygen atoms in total. The zero-order valence-electron chi connectivity index (χ0n) is 10.6. The highest BCUT2D eigenvalue weighted by Gasteiger charge is 2.15. The molecule has 0 aliphatic carbocycles. The number of hydrogen-bond donors (Lipinski definition) is 2. The van der Waals surface area contributed by atoms with Crippen LogP contribution in [-0.4, -0.2) is 35.6 Å². The van der Waals surface area contributed by atoms with Crippen molar-refractivity contribution in [3.63, 3.8) is 0 Å². The molecule has 4 heteroatoms. The Bertz CT molecular complexity index is 402. The SMILES string of the molecule is Cc1c(N)cccc1C(=O)N(C)CCC(C)O. The van der Waals surface area contributed by atoms with Crippen LogP contribution in [0.25, 0.3) is 0 Å². The van der Waals surface area contributed by atoms with Crippen LogP contribution in [0, 0.1) is 6.92 Å². The number of aliphatic hydroxyl groups excluding tert-OH is 1. The van der Waals surface area contributed by atoms with Crippen molar-refractivity contribution in [3.05, 3.63) is 29.3 Å². The number of nitrogens with two attached hydrogens (primary N) is 1.